The second kappa shape index (κ2) is 3.35. The Morgan fingerprint density at radius 2 is 2.14 bits per heavy atom. The van der Waals surface area contributed by atoms with Gasteiger partial charge in [-0.25, -0.2) is 0 Å². The summed E-state index contributed by atoms with van der Waals surface area (Å²) in [5.41, 5.74) is 7.56. The predicted octanol–water partition coefficient (Wildman–Crippen LogP) is 3.15. The summed E-state index contributed by atoms with van der Waals surface area (Å²) in [7, 11) is 0. The minimum Gasteiger partial charge on any atom is -0.330 e. The molecule has 0 bridgehead atoms. The molecule has 2 heteroatoms. The maximum Gasteiger partial charge on any atom is 0.0178 e. The Kier molecular flexibility index (Phi) is 2.44. The highest BCUT2D eigenvalue weighted by molar-refractivity contribution is 9.10. The largest absolute Gasteiger partial charge is 0.330 e. The van der Waals surface area contributed by atoms with Crippen LogP contribution < -0.4 is 5.73 Å². The summed E-state index contributed by atoms with van der Waals surface area (Å²) in [5.74, 6) is 1.29. The van der Waals surface area contributed by atoms with Crippen molar-refractivity contribution in [3.05, 3.63) is 34.3 Å². The van der Waals surface area contributed by atoms with Gasteiger partial charge in [0.25, 0.3) is 0 Å². The molecule has 1 fully saturated rings. The van der Waals surface area contributed by atoms with E-state index < -0.39 is 0 Å². The first-order valence-corrected chi connectivity index (χ1v) is 5.82. The van der Waals surface area contributed by atoms with Crippen molar-refractivity contribution >= 4 is 15.9 Å². The molecule has 2 atom stereocenters. The number of nitrogens with two attached hydrogens (primary N) is 1. The highest BCUT2D eigenvalue weighted by atomic mass is 79.9. The summed E-state index contributed by atoms with van der Waals surface area (Å²) in [6, 6.07) is 8.58. The summed E-state index contributed by atoms with van der Waals surface area (Å²) >= 11 is 3.51. The van der Waals surface area contributed by atoms with Crippen LogP contribution in [-0.4, -0.2) is 6.54 Å². The summed E-state index contributed by atoms with van der Waals surface area (Å²) in [4.78, 5) is 0. The number of hydrogen-bond donors (Lipinski definition) is 1. The molecule has 0 unspecified atom stereocenters. The van der Waals surface area contributed by atoms with E-state index in [-0.39, 0.29) is 0 Å². The normalized spacial score (nSPS) is 28.9. The van der Waals surface area contributed by atoms with Crippen LogP contribution >= 0.6 is 15.9 Å². The average Bonchev–Trinajstić information content (AvgIpc) is 2.68. The Morgan fingerprint density at radius 1 is 1.43 bits per heavy atom. The van der Waals surface area contributed by atoms with Crippen LogP contribution in [0.15, 0.2) is 28.7 Å². The number of halogens is 1. The third kappa shape index (κ3) is 1.51. The van der Waals surface area contributed by atoms with E-state index in [4.69, 9.17) is 5.73 Å². The lowest BCUT2D eigenvalue weighted by Gasteiger charge is -2.03. The van der Waals surface area contributed by atoms with Crippen molar-refractivity contribution in [2.75, 3.05) is 6.54 Å². The molecule has 0 spiro atoms. The maximum absolute atomic E-state index is 5.76. The van der Waals surface area contributed by atoms with Crippen molar-refractivity contribution in [1.82, 2.24) is 0 Å². The molecule has 0 amide bonds. The van der Waals surface area contributed by atoms with E-state index >= 15 is 0 Å². The van der Waals surface area contributed by atoms with Crippen LogP contribution in [0.4, 0.5) is 0 Å². The lowest BCUT2D eigenvalue weighted by molar-refractivity contribution is 0.558. The van der Waals surface area contributed by atoms with Crippen molar-refractivity contribution in [3.63, 3.8) is 0 Å². The number of benzene rings is 1. The summed E-state index contributed by atoms with van der Waals surface area (Å²) in [6.45, 7) is 5.40. The Bertz CT molecular complexity index is 346. The Morgan fingerprint density at radius 3 is 2.64 bits per heavy atom. The fraction of sp³-hybridized carbons (Fsp3) is 0.500. The molecule has 1 aliphatic carbocycles. The zero-order valence-electron chi connectivity index (χ0n) is 8.63. The van der Waals surface area contributed by atoms with Crippen LogP contribution in [0.1, 0.15) is 25.3 Å². The van der Waals surface area contributed by atoms with Crippen LogP contribution in [-0.2, 0) is 0 Å². The molecule has 0 aliphatic heterocycles. The Balaban J connectivity index is 2.26. The fourth-order valence-corrected chi connectivity index (χ4v) is 2.96. The number of hydrogen-bond acceptors (Lipinski definition) is 1. The van der Waals surface area contributed by atoms with Crippen molar-refractivity contribution in [1.29, 1.82) is 0 Å². The molecule has 0 radical (unpaired) electrons. The van der Waals surface area contributed by atoms with Crippen LogP contribution in [0.3, 0.4) is 0 Å². The number of rotatable bonds is 2. The Hall–Kier alpha value is -0.340. The quantitative estimate of drug-likeness (QED) is 0.862. The van der Waals surface area contributed by atoms with Gasteiger partial charge in [0.1, 0.15) is 0 Å². The molecule has 2 rings (SSSR count). The smallest absolute Gasteiger partial charge is 0.0178 e. The molecule has 1 aromatic rings. The SMILES string of the molecule is CC1(C)[C@@H](CN)[C@@H]1c1cccc(Br)c1. The summed E-state index contributed by atoms with van der Waals surface area (Å²) < 4.78 is 1.16. The van der Waals surface area contributed by atoms with Crippen LogP contribution in [0.5, 0.6) is 0 Å². The standard InChI is InChI=1S/C12H16BrN/c1-12(2)10(7-14)11(12)8-4-3-5-9(13)6-8/h3-6,10-11H,7,14H2,1-2H3/t10-,11-/m0/s1. The van der Waals surface area contributed by atoms with Gasteiger partial charge in [-0.15, -0.1) is 0 Å². The van der Waals surface area contributed by atoms with Crippen LogP contribution in [0.2, 0.25) is 0 Å². The van der Waals surface area contributed by atoms with Crippen molar-refractivity contribution in [2.24, 2.45) is 17.1 Å². The lowest BCUT2D eigenvalue weighted by atomic mass is 10.0. The molecule has 2 N–H and O–H groups in total. The molecular formula is C12H16BrN. The van der Waals surface area contributed by atoms with E-state index in [1.54, 1.807) is 0 Å². The van der Waals surface area contributed by atoms with E-state index in [9.17, 15) is 0 Å². The van der Waals surface area contributed by atoms with Gasteiger partial charge in [0.15, 0.2) is 0 Å². The first-order chi connectivity index (χ1) is 6.57. The van der Waals surface area contributed by atoms with Gasteiger partial charge in [0.05, 0.1) is 0 Å². The molecule has 0 saturated heterocycles. The van der Waals surface area contributed by atoms with Gasteiger partial charge >= 0.3 is 0 Å². The molecule has 1 saturated carbocycles. The fourth-order valence-electron chi connectivity index (χ4n) is 2.55. The van der Waals surface area contributed by atoms with Crippen molar-refractivity contribution in [3.8, 4) is 0 Å². The second-order valence-corrected chi connectivity index (χ2v) is 5.61. The molecule has 1 aromatic carbocycles. The molecule has 0 heterocycles. The highest BCUT2D eigenvalue weighted by Gasteiger charge is 2.57. The first kappa shape index (κ1) is 10.2. The molecule has 0 aromatic heterocycles. The molecule has 14 heavy (non-hydrogen) atoms. The topological polar surface area (TPSA) is 26.0 Å². The first-order valence-electron chi connectivity index (χ1n) is 5.03. The third-order valence-electron chi connectivity index (χ3n) is 3.51. The van der Waals surface area contributed by atoms with Crippen LogP contribution in [0, 0.1) is 11.3 Å². The lowest BCUT2D eigenvalue weighted by Crippen LogP contribution is -2.05. The van der Waals surface area contributed by atoms with Gasteiger partial charge in [-0.1, -0.05) is 41.9 Å². The van der Waals surface area contributed by atoms with Gasteiger partial charge in [-0.05, 0) is 41.5 Å². The molecule has 1 aliphatic rings. The second-order valence-electron chi connectivity index (χ2n) is 4.70. The minimum atomic E-state index is 0.384. The summed E-state index contributed by atoms with van der Waals surface area (Å²) in [5, 5.41) is 0. The zero-order chi connectivity index (χ0) is 10.3. The van der Waals surface area contributed by atoms with Crippen molar-refractivity contribution < 1.29 is 0 Å². The third-order valence-corrected chi connectivity index (χ3v) is 4.01. The predicted molar refractivity (Wildman–Crippen MR) is 63.2 cm³/mol. The van der Waals surface area contributed by atoms with Gasteiger partial charge in [0.2, 0.25) is 0 Å². The van der Waals surface area contributed by atoms with Crippen LogP contribution in [0.25, 0.3) is 0 Å². The highest BCUT2D eigenvalue weighted by Crippen LogP contribution is 2.63. The van der Waals surface area contributed by atoms with E-state index in [0.29, 0.717) is 17.3 Å². The summed E-state index contributed by atoms with van der Waals surface area (Å²) in [6.07, 6.45) is 0. The molecule has 1 nitrogen and oxygen atoms in total. The maximum atomic E-state index is 5.76. The van der Waals surface area contributed by atoms with Crippen molar-refractivity contribution in [2.45, 2.75) is 19.8 Å². The van der Waals surface area contributed by atoms with E-state index in [0.717, 1.165) is 11.0 Å². The van der Waals surface area contributed by atoms with Gasteiger partial charge in [0, 0.05) is 4.47 Å². The minimum absolute atomic E-state index is 0.384. The zero-order valence-corrected chi connectivity index (χ0v) is 10.2. The van der Waals surface area contributed by atoms with Gasteiger partial charge in [-0.2, -0.15) is 0 Å². The van der Waals surface area contributed by atoms with Gasteiger partial charge < -0.3 is 5.73 Å². The monoisotopic (exact) mass is 253 g/mol. The molecular weight excluding hydrogens is 238 g/mol. The Labute approximate surface area is 93.8 Å². The molecule has 76 valence electrons. The van der Waals surface area contributed by atoms with E-state index in [2.05, 4.69) is 54.0 Å². The van der Waals surface area contributed by atoms with E-state index in [1.165, 1.54) is 5.56 Å². The average molecular weight is 254 g/mol. The van der Waals surface area contributed by atoms with E-state index in [1.807, 2.05) is 0 Å². The van der Waals surface area contributed by atoms with Gasteiger partial charge in [-0.3, -0.25) is 0 Å².